The van der Waals surface area contributed by atoms with Gasteiger partial charge in [0.25, 0.3) is 0 Å². The summed E-state index contributed by atoms with van der Waals surface area (Å²) in [4.78, 5) is 11.8. The van der Waals surface area contributed by atoms with Gasteiger partial charge in [-0.3, -0.25) is 4.79 Å². The third-order valence-electron chi connectivity index (χ3n) is 3.08. The molecule has 0 aromatic heterocycles. The van der Waals surface area contributed by atoms with Gasteiger partial charge in [-0.05, 0) is 37.0 Å². The number of hydrogen-bond acceptors (Lipinski definition) is 2. The number of benzene rings is 1. The van der Waals surface area contributed by atoms with Crippen molar-refractivity contribution in [3.63, 3.8) is 0 Å². The maximum Gasteiger partial charge on any atom is 0.156 e. The Bertz CT molecular complexity index is 368. The fraction of sp³-hybridized carbons (Fsp3) is 0.417. The van der Waals surface area contributed by atoms with Gasteiger partial charge in [-0.2, -0.15) is 0 Å². The predicted octanol–water partition coefficient (Wildman–Crippen LogP) is 1.82. The fourth-order valence-corrected chi connectivity index (χ4v) is 1.80. The van der Waals surface area contributed by atoms with Crippen molar-refractivity contribution in [1.82, 2.24) is 0 Å². The Hall–Kier alpha value is -1.22. The molecule has 1 fully saturated rings. The van der Waals surface area contributed by atoms with Crippen molar-refractivity contribution in [3.05, 3.63) is 35.6 Å². The standard InChI is InChI=1S/C12H14FNO/c13-10-4-2-9(3-5-10)8-11(15)12(14)6-1-7-12/h2-5H,1,6-8,14H2. The lowest BCUT2D eigenvalue weighted by Crippen LogP contribution is -2.54. The number of ketones is 1. The van der Waals surface area contributed by atoms with Gasteiger partial charge >= 0.3 is 0 Å². The SMILES string of the molecule is NC1(C(=O)Cc2ccc(F)cc2)CCC1. The van der Waals surface area contributed by atoms with Crippen molar-refractivity contribution in [1.29, 1.82) is 0 Å². The van der Waals surface area contributed by atoms with Crippen molar-refractivity contribution in [2.24, 2.45) is 5.73 Å². The summed E-state index contributed by atoms with van der Waals surface area (Å²) in [6.07, 6.45) is 2.92. The molecule has 0 saturated heterocycles. The fourth-order valence-electron chi connectivity index (χ4n) is 1.80. The average Bonchev–Trinajstić information content (AvgIpc) is 2.18. The van der Waals surface area contributed by atoms with Crippen LogP contribution in [0, 0.1) is 5.82 Å². The van der Waals surface area contributed by atoms with Crippen molar-refractivity contribution in [2.75, 3.05) is 0 Å². The van der Waals surface area contributed by atoms with E-state index < -0.39 is 5.54 Å². The lowest BCUT2D eigenvalue weighted by molar-refractivity contribution is -0.126. The summed E-state index contributed by atoms with van der Waals surface area (Å²) in [5, 5.41) is 0. The summed E-state index contributed by atoms with van der Waals surface area (Å²) < 4.78 is 12.6. The van der Waals surface area contributed by atoms with E-state index in [0.717, 1.165) is 24.8 Å². The van der Waals surface area contributed by atoms with Crippen LogP contribution in [0.1, 0.15) is 24.8 Å². The Morgan fingerprint density at radius 2 is 1.93 bits per heavy atom. The second-order valence-electron chi connectivity index (χ2n) is 4.24. The van der Waals surface area contributed by atoms with Gasteiger partial charge in [0.2, 0.25) is 0 Å². The first-order chi connectivity index (χ1) is 7.10. The lowest BCUT2D eigenvalue weighted by Gasteiger charge is -2.36. The molecule has 0 amide bonds. The molecule has 2 rings (SSSR count). The van der Waals surface area contributed by atoms with Crippen molar-refractivity contribution in [2.45, 2.75) is 31.2 Å². The minimum absolute atomic E-state index is 0.0698. The minimum Gasteiger partial charge on any atom is -0.319 e. The number of rotatable bonds is 3. The van der Waals surface area contributed by atoms with Gasteiger partial charge in [-0.1, -0.05) is 12.1 Å². The summed E-state index contributed by atoms with van der Waals surface area (Å²) in [6.45, 7) is 0. The zero-order chi connectivity index (χ0) is 10.9. The van der Waals surface area contributed by atoms with Gasteiger partial charge < -0.3 is 5.73 Å². The van der Waals surface area contributed by atoms with Crippen LogP contribution in [0.2, 0.25) is 0 Å². The summed E-state index contributed by atoms with van der Waals surface area (Å²) in [7, 11) is 0. The number of nitrogens with two attached hydrogens (primary N) is 1. The number of carbonyl (C=O) groups is 1. The molecule has 0 radical (unpaired) electrons. The molecular weight excluding hydrogens is 193 g/mol. The monoisotopic (exact) mass is 207 g/mol. The second kappa shape index (κ2) is 3.74. The molecule has 3 heteroatoms. The van der Waals surface area contributed by atoms with Crippen LogP contribution in [-0.2, 0) is 11.2 Å². The topological polar surface area (TPSA) is 43.1 Å². The van der Waals surface area contributed by atoms with Gasteiger partial charge in [-0.25, -0.2) is 4.39 Å². The van der Waals surface area contributed by atoms with E-state index in [1.807, 2.05) is 0 Å². The van der Waals surface area contributed by atoms with Crippen LogP contribution >= 0.6 is 0 Å². The highest BCUT2D eigenvalue weighted by atomic mass is 19.1. The summed E-state index contributed by atoms with van der Waals surface area (Å²) in [6, 6.07) is 6.00. The number of carbonyl (C=O) groups excluding carboxylic acids is 1. The van der Waals surface area contributed by atoms with E-state index in [-0.39, 0.29) is 11.6 Å². The van der Waals surface area contributed by atoms with Crippen LogP contribution in [0.25, 0.3) is 0 Å². The van der Waals surface area contributed by atoms with Crippen LogP contribution in [0.3, 0.4) is 0 Å². The molecule has 1 saturated carbocycles. The van der Waals surface area contributed by atoms with E-state index in [4.69, 9.17) is 5.73 Å². The largest absolute Gasteiger partial charge is 0.319 e. The average molecular weight is 207 g/mol. The summed E-state index contributed by atoms with van der Waals surface area (Å²) in [5.74, 6) is -0.210. The van der Waals surface area contributed by atoms with Crippen LogP contribution in [-0.4, -0.2) is 11.3 Å². The molecular formula is C12H14FNO. The Labute approximate surface area is 88.3 Å². The molecule has 0 unspecified atom stereocenters. The quantitative estimate of drug-likeness (QED) is 0.821. The van der Waals surface area contributed by atoms with Crippen LogP contribution in [0.4, 0.5) is 4.39 Å². The Morgan fingerprint density at radius 3 is 2.40 bits per heavy atom. The van der Waals surface area contributed by atoms with Gasteiger partial charge in [0.05, 0.1) is 5.54 Å². The van der Waals surface area contributed by atoms with E-state index in [9.17, 15) is 9.18 Å². The van der Waals surface area contributed by atoms with Crippen molar-refractivity contribution in [3.8, 4) is 0 Å². The lowest BCUT2D eigenvalue weighted by atomic mass is 9.73. The summed E-state index contributed by atoms with van der Waals surface area (Å²) >= 11 is 0. The Morgan fingerprint density at radius 1 is 1.33 bits per heavy atom. The molecule has 0 spiro atoms. The van der Waals surface area contributed by atoms with Crippen LogP contribution in [0.15, 0.2) is 24.3 Å². The third-order valence-corrected chi connectivity index (χ3v) is 3.08. The van der Waals surface area contributed by atoms with E-state index >= 15 is 0 Å². The van der Waals surface area contributed by atoms with E-state index in [2.05, 4.69) is 0 Å². The number of halogens is 1. The van der Waals surface area contributed by atoms with Gasteiger partial charge in [0.15, 0.2) is 5.78 Å². The zero-order valence-electron chi connectivity index (χ0n) is 8.50. The van der Waals surface area contributed by atoms with Gasteiger partial charge in [0, 0.05) is 6.42 Å². The molecule has 15 heavy (non-hydrogen) atoms. The van der Waals surface area contributed by atoms with Gasteiger partial charge in [0.1, 0.15) is 5.82 Å². The minimum atomic E-state index is -0.603. The smallest absolute Gasteiger partial charge is 0.156 e. The highest BCUT2D eigenvalue weighted by Crippen LogP contribution is 2.30. The molecule has 80 valence electrons. The molecule has 0 heterocycles. The van der Waals surface area contributed by atoms with Crippen LogP contribution in [0.5, 0.6) is 0 Å². The summed E-state index contributed by atoms with van der Waals surface area (Å²) in [5.41, 5.74) is 6.13. The van der Waals surface area contributed by atoms with E-state index in [1.54, 1.807) is 12.1 Å². The molecule has 1 aromatic carbocycles. The molecule has 1 aromatic rings. The van der Waals surface area contributed by atoms with E-state index in [0.29, 0.717) is 6.42 Å². The Kier molecular flexibility index (Phi) is 2.57. The molecule has 2 nitrogen and oxygen atoms in total. The first-order valence-electron chi connectivity index (χ1n) is 5.17. The molecule has 0 bridgehead atoms. The first kappa shape index (κ1) is 10.3. The Balaban J connectivity index is 2.02. The van der Waals surface area contributed by atoms with Crippen molar-refractivity contribution >= 4 is 5.78 Å². The molecule has 0 aliphatic heterocycles. The van der Waals surface area contributed by atoms with Gasteiger partial charge in [-0.15, -0.1) is 0 Å². The first-order valence-corrected chi connectivity index (χ1v) is 5.17. The normalized spacial score (nSPS) is 18.3. The van der Waals surface area contributed by atoms with E-state index in [1.165, 1.54) is 12.1 Å². The zero-order valence-corrected chi connectivity index (χ0v) is 8.50. The second-order valence-corrected chi connectivity index (χ2v) is 4.24. The maximum atomic E-state index is 12.6. The maximum absolute atomic E-state index is 12.6. The number of Topliss-reactive ketones (excluding diaryl/α,β-unsaturated/α-hetero) is 1. The third kappa shape index (κ3) is 2.07. The van der Waals surface area contributed by atoms with Crippen LogP contribution < -0.4 is 5.73 Å². The highest BCUT2D eigenvalue weighted by Gasteiger charge is 2.39. The molecule has 1 aliphatic carbocycles. The molecule has 1 aliphatic rings. The number of hydrogen-bond donors (Lipinski definition) is 1. The van der Waals surface area contributed by atoms with Crippen molar-refractivity contribution < 1.29 is 9.18 Å². The molecule has 2 N–H and O–H groups in total. The molecule has 0 atom stereocenters. The predicted molar refractivity (Wildman–Crippen MR) is 55.9 cm³/mol. The highest BCUT2D eigenvalue weighted by molar-refractivity contribution is 5.90.